The van der Waals surface area contributed by atoms with Gasteiger partial charge in [-0.1, -0.05) is 12.1 Å². The monoisotopic (exact) mass is 443 g/mol. The summed E-state index contributed by atoms with van der Waals surface area (Å²) in [6.45, 7) is 8.67. The molecule has 9 heteroatoms. The summed E-state index contributed by atoms with van der Waals surface area (Å²) >= 11 is 0. The van der Waals surface area contributed by atoms with Gasteiger partial charge in [0.1, 0.15) is 5.82 Å². The summed E-state index contributed by atoms with van der Waals surface area (Å²) in [6.07, 6.45) is 2.30. The normalized spacial score (nSPS) is 18.6. The number of amides is 1. The predicted octanol–water partition coefficient (Wildman–Crippen LogP) is 2.04. The molecule has 1 atom stereocenters. The predicted molar refractivity (Wildman–Crippen MR) is 118 cm³/mol. The average molecular weight is 444 g/mol. The van der Waals surface area contributed by atoms with E-state index in [0.29, 0.717) is 32.1 Å². The molecular weight excluding hydrogens is 410 g/mol. The first-order valence-corrected chi connectivity index (χ1v) is 11.5. The molecule has 0 radical (unpaired) electrons. The molecule has 2 N–H and O–H groups in total. The van der Waals surface area contributed by atoms with Gasteiger partial charge in [-0.05, 0) is 32.8 Å². The van der Waals surface area contributed by atoms with Crippen molar-refractivity contribution in [1.82, 2.24) is 25.0 Å². The Morgan fingerprint density at radius 3 is 2.88 bits per heavy atom. The molecule has 1 fully saturated rings. The molecule has 1 aromatic carbocycles. The molecule has 1 unspecified atom stereocenters. The highest BCUT2D eigenvalue weighted by Gasteiger charge is 2.27. The SMILES string of the molecule is CCOc1cccc(CN2CCc3nnc(C(C)NC(=O)C4CCOCC4)n3CC2)c1O. The number of fused-ring (bicyclic) bond motifs is 1. The van der Waals surface area contributed by atoms with Gasteiger partial charge in [0.15, 0.2) is 17.3 Å². The summed E-state index contributed by atoms with van der Waals surface area (Å²) in [6, 6.07) is 5.43. The summed E-state index contributed by atoms with van der Waals surface area (Å²) in [4.78, 5) is 14.9. The van der Waals surface area contributed by atoms with Crippen LogP contribution in [0.25, 0.3) is 0 Å². The van der Waals surface area contributed by atoms with Crippen LogP contribution in [0.1, 0.15) is 49.9 Å². The molecule has 1 amide bonds. The van der Waals surface area contributed by atoms with E-state index in [2.05, 4.69) is 25.0 Å². The molecule has 174 valence electrons. The van der Waals surface area contributed by atoms with Crippen LogP contribution >= 0.6 is 0 Å². The number of hydrogen-bond donors (Lipinski definition) is 2. The Balaban J connectivity index is 1.39. The molecule has 1 saturated heterocycles. The van der Waals surface area contributed by atoms with E-state index in [1.54, 1.807) is 6.07 Å². The Morgan fingerprint density at radius 2 is 2.09 bits per heavy atom. The molecule has 3 heterocycles. The largest absolute Gasteiger partial charge is 0.504 e. The molecule has 32 heavy (non-hydrogen) atoms. The lowest BCUT2D eigenvalue weighted by atomic mass is 9.99. The average Bonchev–Trinajstić information content (AvgIpc) is 3.11. The van der Waals surface area contributed by atoms with Gasteiger partial charge in [0.05, 0.1) is 12.6 Å². The first-order valence-electron chi connectivity index (χ1n) is 11.5. The lowest BCUT2D eigenvalue weighted by Crippen LogP contribution is -2.36. The van der Waals surface area contributed by atoms with Crippen LogP contribution in [0, 0.1) is 5.92 Å². The number of phenolic OH excluding ortho intramolecular Hbond substituents is 1. The number of aromatic nitrogens is 3. The van der Waals surface area contributed by atoms with E-state index in [1.807, 2.05) is 26.0 Å². The van der Waals surface area contributed by atoms with Crippen LogP contribution in [0.4, 0.5) is 0 Å². The highest BCUT2D eigenvalue weighted by atomic mass is 16.5. The third-order valence-electron chi connectivity index (χ3n) is 6.26. The molecule has 2 aliphatic heterocycles. The fraction of sp³-hybridized carbons (Fsp3) is 0.609. The second-order valence-corrected chi connectivity index (χ2v) is 8.47. The van der Waals surface area contributed by atoms with E-state index < -0.39 is 0 Å². The van der Waals surface area contributed by atoms with Crippen molar-refractivity contribution in [3.05, 3.63) is 35.4 Å². The molecule has 2 aromatic rings. The summed E-state index contributed by atoms with van der Waals surface area (Å²) in [7, 11) is 0. The summed E-state index contributed by atoms with van der Waals surface area (Å²) in [5.41, 5.74) is 0.853. The van der Waals surface area contributed by atoms with Crippen LogP contribution in [0.2, 0.25) is 0 Å². The van der Waals surface area contributed by atoms with Crippen LogP contribution in [0.3, 0.4) is 0 Å². The molecule has 0 saturated carbocycles. The first-order chi connectivity index (χ1) is 15.6. The smallest absolute Gasteiger partial charge is 0.223 e. The van der Waals surface area contributed by atoms with E-state index in [1.165, 1.54) is 0 Å². The summed E-state index contributed by atoms with van der Waals surface area (Å²) in [5.74, 6) is 2.54. The molecule has 0 aliphatic carbocycles. The van der Waals surface area contributed by atoms with Crippen molar-refractivity contribution in [3.8, 4) is 11.5 Å². The minimum atomic E-state index is -0.204. The standard InChI is InChI=1S/C23H33N5O4/c1-3-32-19-6-4-5-18(21(19)29)15-27-10-7-20-25-26-22(28(20)12-11-27)16(2)24-23(30)17-8-13-31-14-9-17/h4-6,16-17,29H,3,7-15H2,1-2H3,(H,24,30). The van der Waals surface area contributed by atoms with Crippen molar-refractivity contribution < 1.29 is 19.4 Å². The molecule has 0 bridgehead atoms. The Hall–Kier alpha value is -2.65. The van der Waals surface area contributed by atoms with Crippen molar-refractivity contribution >= 4 is 5.91 Å². The lowest BCUT2D eigenvalue weighted by molar-refractivity contribution is -0.128. The molecule has 1 aromatic heterocycles. The number of phenols is 1. The number of carbonyl (C=O) groups excluding carboxylic acids is 1. The zero-order valence-corrected chi connectivity index (χ0v) is 18.9. The number of rotatable bonds is 7. The Morgan fingerprint density at radius 1 is 1.28 bits per heavy atom. The number of nitrogens with zero attached hydrogens (tertiary/aromatic N) is 4. The van der Waals surface area contributed by atoms with E-state index in [0.717, 1.165) is 56.1 Å². The highest BCUT2D eigenvalue weighted by molar-refractivity contribution is 5.79. The third kappa shape index (κ3) is 5.05. The van der Waals surface area contributed by atoms with Crippen LogP contribution < -0.4 is 10.1 Å². The van der Waals surface area contributed by atoms with Gasteiger partial charge in [0, 0.05) is 57.3 Å². The fourth-order valence-electron chi connectivity index (χ4n) is 4.43. The first kappa shape index (κ1) is 22.5. The van der Waals surface area contributed by atoms with E-state index in [9.17, 15) is 9.90 Å². The molecular formula is C23H33N5O4. The van der Waals surface area contributed by atoms with Gasteiger partial charge in [0.25, 0.3) is 0 Å². The number of nitrogens with one attached hydrogen (secondary N) is 1. The van der Waals surface area contributed by atoms with Gasteiger partial charge in [-0.3, -0.25) is 9.69 Å². The zero-order valence-electron chi connectivity index (χ0n) is 18.9. The third-order valence-corrected chi connectivity index (χ3v) is 6.26. The number of benzene rings is 1. The van der Waals surface area contributed by atoms with Crippen LogP contribution in [0.15, 0.2) is 18.2 Å². The van der Waals surface area contributed by atoms with Crippen molar-refractivity contribution in [2.45, 2.75) is 52.2 Å². The minimum absolute atomic E-state index is 0.00773. The van der Waals surface area contributed by atoms with Crippen molar-refractivity contribution in [3.63, 3.8) is 0 Å². The van der Waals surface area contributed by atoms with Crippen molar-refractivity contribution in [2.24, 2.45) is 5.92 Å². The van der Waals surface area contributed by atoms with Gasteiger partial charge in [-0.25, -0.2) is 0 Å². The second kappa shape index (κ2) is 10.3. The molecule has 4 rings (SSSR count). The number of hydrogen-bond acceptors (Lipinski definition) is 7. The Bertz CT molecular complexity index is 925. The van der Waals surface area contributed by atoms with Gasteiger partial charge in [-0.2, -0.15) is 0 Å². The van der Waals surface area contributed by atoms with Crippen LogP contribution in [0.5, 0.6) is 11.5 Å². The maximum absolute atomic E-state index is 12.6. The number of para-hydroxylation sites is 1. The van der Waals surface area contributed by atoms with E-state index in [4.69, 9.17) is 9.47 Å². The van der Waals surface area contributed by atoms with Gasteiger partial charge in [-0.15, -0.1) is 10.2 Å². The molecule has 2 aliphatic rings. The molecule has 9 nitrogen and oxygen atoms in total. The van der Waals surface area contributed by atoms with Gasteiger partial charge < -0.3 is 24.5 Å². The minimum Gasteiger partial charge on any atom is -0.504 e. The number of carbonyl (C=O) groups is 1. The quantitative estimate of drug-likeness (QED) is 0.675. The van der Waals surface area contributed by atoms with Crippen LogP contribution in [-0.2, 0) is 29.0 Å². The highest BCUT2D eigenvalue weighted by Crippen LogP contribution is 2.31. The number of ether oxygens (including phenoxy) is 2. The second-order valence-electron chi connectivity index (χ2n) is 8.47. The maximum Gasteiger partial charge on any atom is 0.223 e. The maximum atomic E-state index is 12.6. The summed E-state index contributed by atoms with van der Waals surface area (Å²) in [5, 5.41) is 22.4. The van der Waals surface area contributed by atoms with Gasteiger partial charge >= 0.3 is 0 Å². The zero-order chi connectivity index (χ0) is 22.5. The lowest BCUT2D eigenvalue weighted by Gasteiger charge is -2.24. The topological polar surface area (TPSA) is 102 Å². The van der Waals surface area contributed by atoms with Crippen LogP contribution in [-0.4, -0.2) is 63.6 Å². The Kier molecular flexibility index (Phi) is 7.26. The summed E-state index contributed by atoms with van der Waals surface area (Å²) < 4.78 is 13.0. The fourth-order valence-corrected chi connectivity index (χ4v) is 4.43. The van der Waals surface area contributed by atoms with E-state index in [-0.39, 0.29) is 23.6 Å². The molecule has 0 spiro atoms. The van der Waals surface area contributed by atoms with Gasteiger partial charge in [0.2, 0.25) is 5.91 Å². The van der Waals surface area contributed by atoms with Crippen molar-refractivity contribution in [2.75, 3.05) is 32.9 Å². The Labute approximate surface area is 188 Å². The van der Waals surface area contributed by atoms with Crippen molar-refractivity contribution in [1.29, 1.82) is 0 Å². The number of aromatic hydroxyl groups is 1. The van der Waals surface area contributed by atoms with E-state index >= 15 is 0 Å².